The van der Waals surface area contributed by atoms with Crippen molar-refractivity contribution in [3.63, 3.8) is 0 Å². The Morgan fingerprint density at radius 1 is 1.26 bits per heavy atom. The summed E-state index contributed by atoms with van der Waals surface area (Å²) in [5.41, 5.74) is 5.88. The van der Waals surface area contributed by atoms with Crippen LogP contribution < -0.4 is 11.1 Å². The average molecular weight is 268 g/mol. The Morgan fingerprint density at radius 3 is 2.47 bits per heavy atom. The Hall–Kier alpha value is -0.160. The minimum absolute atomic E-state index is 0.669. The van der Waals surface area contributed by atoms with E-state index in [-0.39, 0.29) is 0 Å². The van der Waals surface area contributed by atoms with Gasteiger partial charge in [0.25, 0.3) is 0 Å². The van der Waals surface area contributed by atoms with E-state index >= 15 is 0 Å². The first-order chi connectivity index (χ1) is 9.15. The van der Waals surface area contributed by atoms with Crippen LogP contribution in [-0.2, 0) is 0 Å². The smallest absolute Gasteiger partial charge is 0.0163 e. The van der Waals surface area contributed by atoms with Crippen LogP contribution in [-0.4, -0.2) is 67.7 Å². The summed E-state index contributed by atoms with van der Waals surface area (Å²) in [5, 5.41) is 3.40. The Kier molecular flexibility index (Phi) is 5.63. The number of hydrogen-bond donors (Lipinski definition) is 2. The van der Waals surface area contributed by atoms with Gasteiger partial charge < -0.3 is 16.0 Å². The summed E-state index contributed by atoms with van der Waals surface area (Å²) in [6, 6.07) is 2.14. The second-order valence-corrected chi connectivity index (χ2v) is 6.55. The first-order valence-electron chi connectivity index (χ1n) is 8.01. The molecule has 4 heteroatoms. The number of piperidine rings is 1. The number of nitrogens with two attached hydrogens (primary N) is 1. The molecule has 2 rings (SSSR count). The summed E-state index contributed by atoms with van der Waals surface area (Å²) < 4.78 is 0. The molecule has 112 valence electrons. The number of rotatable bonds is 6. The van der Waals surface area contributed by atoms with Gasteiger partial charge in [0.1, 0.15) is 0 Å². The van der Waals surface area contributed by atoms with Gasteiger partial charge in [-0.1, -0.05) is 0 Å². The molecule has 0 radical (unpaired) electrons. The molecule has 2 unspecified atom stereocenters. The van der Waals surface area contributed by atoms with Crippen molar-refractivity contribution in [2.24, 2.45) is 11.7 Å². The summed E-state index contributed by atoms with van der Waals surface area (Å²) in [6.45, 7) is 10.4. The monoisotopic (exact) mass is 268 g/mol. The zero-order valence-electron chi connectivity index (χ0n) is 12.9. The Balaban J connectivity index is 1.72. The molecule has 0 amide bonds. The van der Waals surface area contributed by atoms with Crippen LogP contribution in [0.1, 0.15) is 33.1 Å². The van der Waals surface area contributed by atoms with E-state index in [1.165, 1.54) is 45.4 Å². The molecule has 0 aromatic rings. The molecule has 0 aliphatic carbocycles. The van der Waals surface area contributed by atoms with Crippen LogP contribution >= 0.6 is 0 Å². The molecule has 4 nitrogen and oxygen atoms in total. The number of likely N-dealkylation sites (tertiary alicyclic amines) is 2. The van der Waals surface area contributed by atoms with Gasteiger partial charge in [-0.05, 0) is 72.3 Å². The highest BCUT2D eigenvalue weighted by atomic mass is 15.3. The lowest BCUT2D eigenvalue weighted by Crippen LogP contribution is -2.61. The fourth-order valence-electron chi connectivity index (χ4n) is 3.65. The minimum atomic E-state index is 0.669. The summed E-state index contributed by atoms with van der Waals surface area (Å²) in [6.07, 6.45) is 3.90. The Labute approximate surface area is 118 Å². The molecule has 19 heavy (non-hydrogen) atoms. The zero-order chi connectivity index (χ0) is 13.8. The van der Waals surface area contributed by atoms with Crippen molar-refractivity contribution in [1.82, 2.24) is 15.1 Å². The van der Waals surface area contributed by atoms with E-state index in [0.717, 1.165) is 24.5 Å². The van der Waals surface area contributed by atoms with Crippen LogP contribution in [0.2, 0.25) is 0 Å². The van der Waals surface area contributed by atoms with Gasteiger partial charge in [0.05, 0.1) is 0 Å². The maximum atomic E-state index is 5.88. The van der Waals surface area contributed by atoms with Crippen LogP contribution in [0.15, 0.2) is 0 Å². The predicted octanol–water partition coefficient (Wildman–Crippen LogP) is 0.728. The fraction of sp³-hybridized carbons (Fsp3) is 1.00. The van der Waals surface area contributed by atoms with Crippen LogP contribution in [0, 0.1) is 5.92 Å². The zero-order valence-corrected chi connectivity index (χ0v) is 12.9. The maximum absolute atomic E-state index is 5.88. The van der Waals surface area contributed by atoms with E-state index in [4.69, 9.17) is 5.73 Å². The molecule has 2 aliphatic rings. The molecule has 0 spiro atoms. The van der Waals surface area contributed by atoms with Crippen molar-refractivity contribution < 1.29 is 0 Å². The summed E-state index contributed by atoms with van der Waals surface area (Å²) >= 11 is 0. The van der Waals surface area contributed by atoms with Gasteiger partial charge in [-0.2, -0.15) is 0 Å². The van der Waals surface area contributed by atoms with E-state index in [1.807, 2.05) is 0 Å². The summed E-state index contributed by atoms with van der Waals surface area (Å²) in [4.78, 5) is 5.26. The lowest BCUT2D eigenvalue weighted by atomic mass is 9.84. The molecule has 0 aromatic carbocycles. The van der Waals surface area contributed by atoms with Crippen molar-refractivity contribution in [3.8, 4) is 0 Å². The van der Waals surface area contributed by atoms with Crippen LogP contribution in [0.5, 0.6) is 0 Å². The van der Waals surface area contributed by atoms with E-state index in [0.29, 0.717) is 6.04 Å². The van der Waals surface area contributed by atoms with Crippen molar-refractivity contribution in [2.75, 3.05) is 39.8 Å². The Morgan fingerprint density at radius 2 is 1.95 bits per heavy atom. The second-order valence-electron chi connectivity index (χ2n) is 6.55. The highest BCUT2D eigenvalue weighted by molar-refractivity contribution is 4.94. The molecule has 2 aliphatic heterocycles. The lowest BCUT2D eigenvalue weighted by Gasteiger charge is -2.51. The van der Waals surface area contributed by atoms with Crippen molar-refractivity contribution in [2.45, 2.75) is 51.2 Å². The third-order valence-electron chi connectivity index (χ3n) is 5.12. The average Bonchev–Trinajstić information content (AvgIpc) is 2.38. The molecule has 0 saturated carbocycles. The van der Waals surface area contributed by atoms with E-state index in [2.05, 4.69) is 36.0 Å². The molecule has 3 N–H and O–H groups in total. The quantitative estimate of drug-likeness (QED) is 0.745. The Bertz CT molecular complexity index is 261. The van der Waals surface area contributed by atoms with Gasteiger partial charge in [0.2, 0.25) is 0 Å². The molecule has 2 heterocycles. The fourth-order valence-corrected chi connectivity index (χ4v) is 3.65. The molecular weight excluding hydrogens is 236 g/mol. The maximum Gasteiger partial charge on any atom is 0.0163 e. The largest absolute Gasteiger partial charge is 0.330 e. The highest BCUT2D eigenvalue weighted by Crippen LogP contribution is 2.29. The first kappa shape index (κ1) is 15.2. The predicted molar refractivity (Wildman–Crippen MR) is 81.3 cm³/mol. The number of nitrogens with zero attached hydrogens (tertiary/aromatic N) is 2. The molecule has 2 saturated heterocycles. The molecule has 0 aromatic heterocycles. The number of hydrogen-bond acceptors (Lipinski definition) is 4. The van der Waals surface area contributed by atoms with E-state index in [1.54, 1.807) is 0 Å². The standard InChI is InChI=1S/C15H32N4/c1-12(2)19-11-13(10-16)15(19)6-9-18-7-4-14(17-3)5-8-18/h12-15,17H,4-11,16H2,1-3H3. The van der Waals surface area contributed by atoms with Crippen LogP contribution in [0.25, 0.3) is 0 Å². The summed E-state index contributed by atoms with van der Waals surface area (Å²) in [7, 11) is 2.08. The van der Waals surface area contributed by atoms with E-state index < -0.39 is 0 Å². The third kappa shape index (κ3) is 3.69. The van der Waals surface area contributed by atoms with Crippen molar-refractivity contribution in [3.05, 3.63) is 0 Å². The highest BCUT2D eigenvalue weighted by Gasteiger charge is 2.38. The van der Waals surface area contributed by atoms with Crippen LogP contribution in [0.3, 0.4) is 0 Å². The third-order valence-corrected chi connectivity index (χ3v) is 5.12. The van der Waals surface area contributed by atoms with E-state index in [9.17, 15) is 0 Å². The van der Waals surface area contributed by atoms with Crippen molar-refractivity contribution in [1.29, 1.82) is 0 Å². The van der Waals surface area contributed by atoms with Gasteiger partial charge in [-0.25, -0.2) is 0 Å². The molecule has 2 fully saturated rings. The molecular formula is C15H32N4. The molecule has 0 bridgehead atoms. The molecule has 2 atom stereocenters. The lowest BCUT2D eigenvalue weighted by molar-refractivity contribution is -0.0176. The van der Waals surface area contributed by atoms with Gasteiger partial charge in [0.15, 0.2) is 0 Å². The topological polar surface area (TPSA) is 44.5 Å². The first-order valence-corrected chi connectivity index (χ1v) is 8.01. The minimum Gasteiger partial charge on any atom is -0.330 e. The van der Waals surface area contributed by atoms with Gasteiger partial charge in [-0.3, -0.25) is 4.90 Å². The SMILES string of the molecule is CNC1CCN(CCC2C(CN)CN2C(C)C)CC1. The number of nitrogens with one attached hydrogen (secondary N) is 1. The summed E-state index contributed by atoms with van der Waals surface area (Å²) in [5.74, 6) is 0.734. The van der Waals surface area contributed by atoms with Gasteiger partial charge >= 0.3 is 0 Å². The van der Waals surface area contributed by atoms with Gasteiger partial charge in [-0.15, -0.1) is 0 Å². The van der Waals surface area contributed by atoms with Crippen LogP contribution in [0.4, 0.5) is 0 Å². The normalized spacial score (nSPS) is 30.8. The van der Waals surface area contributed by atoms with Gasteiger partial charge in [0, 0.05) is 24.7 Å². The van der Waals surface area contributed by atoms with Crippen molar-refractivity contribution >= 4 is 0 Å². The second kappa shape index (κ2) is 7.02.